The van der Waals surface area contributed by atoms with Crippen molar-refractivity contribution in [3.05, 3.63) is 29.8 Å². The highest BCUT2D eigenvalue weighted by Crippen LogP contribution is 2.28. The summed E-state index contributed by atoms with van der Waals surface area (Å²) in [4.78, 5) is 6.96. The molecule has 0 atom stereocenters. The molecular weight excluding hydrogens is 425 g/mol. The van der Waals surface area contributed by atoms with Crippen molar-refractivity contribution in [2.45, 2.75) is 31.7 Å². The van der Waals surface area contributed by atoms with Gasteiger partial charge in [-0.15, -0.1) is 24.0 Å². The molecule has 0 unspecified atom stereocenters. The van der Waals surface area contributed by atoms with E-state index in [4.69, 9.17) is 0 Å². The van der Waals surface area contributed by atoms with Crippen LogP contribution in [0.5, 0.6) is 0 Å². The van der Waals surface area contributed by atoms with Gasteiger partial charge in [0.1, 0.15) is 0 Å². The normalized spacial score (nSPS) is 17.7. The van der Waals surface area contributed by atoms with E-state index in [9.17, 15) is 8.42 Å². The highest BCUT2D eigenvalue weighted by Gasteiger charge is 2.30. The third kappa shape index (κ3) is 5.63. The minimum absolute atomic E-state index is 0. The summed E-state index contributed by atoms with van der Waals surface area (Å²) in [5.74, 6) is 0.901. The number of nitrogens with zero attached hydrogens (tertiary/aromatic N) is 2. The molecule has 1 aliphatic heterocycles. The van der Waals surface area contributed by atoms with Gasteiger partial charge >= 0.3 is 0 Å². The Morgan fingerprint density at radius 2 is 1.91 bits per heavy atom. The second-order valence-electron chi connectivity index (χ2n) is 6.65. The quantitative estimate of drug-likeness (QED) is 0.436. The van der Waals surface area contributed by atoms with E-state index >= 15 is 0 Å². The third-order valence-corrected chi connectivity index (χ3v) is 5.12. The smallest absolute Gasteiger partial charge is 0.193 e. The maximum absolute atomic E-state index is 11.5. The fourth-order valence-corrected chi connectivity index (χ4v) is 3.29. The first-order chi connectivity index (χ1) is 10.2. The Morgan fingerprint density at radius 3 is 2.35 bits per heavy atom. The largest absolute Gasteiger partial charge is 0.352 e. The third-order valence-electron chi connectivity index (χ3n) is 3.99. The van der Waals surface area contributed by atoms with Gasteiger partial charge in [-0.1, -0.05) is 26.0 Å². The lowest BCUT2D eigenvalue weighted by atomic mass is 9.93. The lowest BCUT2D eigenvalue weighted by Crippen LogP contribution is -2.40. The van der Waals surface area contributed by atoms with Crippen molar-refractivity contribution < 1.29 is 8.42 Å². The van der Waals surface area contributed by atoms with Crippen LogP contribution in [0.25, 0.3) is 0 Å². The summed E-state index contributed by atoms with van der Waals surface area (Å²) in [6.07, 6.45) is 2.38. The van der Waals surface area contributed by atoms with E-state index in [0.29, 0.717) is 16.9 Å². The van der Waals surface area contributed by atoms with Crippen LogP contribution in [0, 0.1) is 5.41 Å². The van der Waals surface area contributed by atoms with E-state index in [-0.39, 0.29) is 24.0 Å². The van der Waals surface area contributed by atoms with Gasteiger partial charge in [-0.05, 0) is 29.5 Å². The number of benzene rings is 1. The van der Waals surface area contributed by atoms with Crippen LogP contribution in [0.2, 0.25) is 0 Å². The molecule has 0 spiro atoms. The monoisotopic (exact) mass is 451 g/mol. The predicted molar refractivity (Wildman–Crippen MR) is 105 cm³/mol. The molecule has 7 heteroatoms. The molecule has 1 aliphatic rings. The summed E-state index contributed by atoms with van der Waals surface area (Å²) in [5.41, 5.74) is 1.36. The second kappa shape index (κ2) is 7.83. The Labute approximate surface area is 156 Å². The van der Waals surface area contributed by atoms with Crippen LogP contribution in [0.4, 0.5) is 0 Å². The molecule has 130 valence electrons. The maximum atomic E-state index is 11.5. The van der Waals surface area contributed by atoms with E-state index in [1.54, 1.807) is 19.2 Å². The molecule has 23 heavy (non-hydrogen) atoms. The fourth-order valence-electron chi connectivity index (χ4n) is 2.66. The number of hydrogen-bond donors (Lipinski definition) is 1. The Morgan fingerprint density at radius 1 is 1.30 bits per heavy atom. The Balaban J connectivity index is 0.00000264. The van der Waals surface area contributed by atoms with Gasteiger partial charge in [-0.3, -0.25) is 4.99 Å². The fraction of sp³-hybridized carbons (Fsp3) is 0.562. The molecule has 1 fully saturated rings. The molecule has 0 amide bonds. The molecule has 2 rings (SSSR count). The molecule has 5 nitrogen and oxygen atoms in total. The van der Waals surface area contributed by atoms with Crippen molar-refractivity contribution in [2.24, 2.45) is 10.4 Å². The van der Waals surface area contributed by atoms with Gasteiger partial charge in [0, 0.05) is 32.9 Å². The van der Waals surface area contributed by atoms with Gasteiger partial charge in [0.05, 0.1) is 4.90 Å². The molecule has 1 heterocycles. The van der Waals surface area contributed by atoms with Crippen LogP contribution in [-0.2, 0) is 16.4 Å². The average molecular weight is 451 g/mol. The Kier molecular flexibility index (Phi) is 6.88. The maximum Gasteiger partial charge on any atom is 0.193 e. The predicted octanol–water partition coefficient (Wildman–Crippen LogP) is 2.52. The Hall–Kier alpha value is -0.830. The van der Waals surface area contributed by atoms with E-state index in [1.165, 1.54) is 6.26 Å². The van der Waals surface area contributed by atoms with E-state index < -0.39 is 9.84 Å². The van der Waals surface area contributed by atoms with Crippen LogP contribution in [-0.4, -0.2) is 45.7 Å². The number of rotatable bonds is 3. The highest BCUT2D eigenvalue weighted by atomic mass is 127. The van der Waals surface area contributed by atoms with Crippen molar-refractivity contribution in [3.8, 4) is 0 Å². The lowest BCUT2D eigenvalue weighted by molar-refractivity contribution is 0.370. The summed E-state index contributed by atoms with van der Waals surface area (Å²) in [6.45, 7) is 7.18. The van der Waals surface area contributed by atoms with Crippen LogP contribution >= 0.6 is 24.0 Å². The van der Waals surface area contributed by atoms with Crippen molar-refractivity contribution in [2.75, 3.05) is 26.4 Å². The van der Waals surface area contributed by atoms with E-state index in [2.05, 4.69) is 29.1 Å². The number of aliphatic imine (C=N–C) groups is 1. The molecule has 0 radical (unpaired) electrons. The molecule has 1 aromatic rings. The van der Waals surface area contributed by atoms with Gasteiger partial charge in [0.15, 0.2) is 15.8 Å². The van der Waals surface area contributed by atoms with E-state index in [0.717, 1.165) is 31.0 Å². The van der Waals surface area contributed by atoms with Crippen LogP contribution in [0.1, 0.15) is 25.8 Å². The van der Waals surface area contributed by atoms with Crippen LogP contribution in [0.15, 0.2) is 34.2 Å². The molecule has 0 aromatic heterocycles. The summed E-state index contributed by atoms with van der Waals surface area (Å²) < 4.78 is 22.9. The van der Waals surface area contributed by atoms with Crippen LogP contribution in [0.3, 0.4) is 0 Å². The molecule has 0 aliphatic carbocycles. The van der Waals surface area contributed by atoms with Gasteiger partial charge < -0.3 is 10.2 Å². The minimum atomic E-state index is -3.13. The minimum Gasteiger partial charge on any atom is -0.352 e. The number of sulfone groups is 1. The second-order valence-corrected chi connectivity index (χ2v) is 8.67. The number of hydrogen-bond acceptors (Lipinski definition) is 3. The highest BCUT2D eigenvalue weighted by molar-refractivity contribution is 14.0. The van der Waals surface area contributed by atoms with Crippen molar-refractivity contribution >= 4 is 39.8 Å². The standard InChI is InChI=1S/C16H25N3O2S.HI/c1-16(2)9-10-19(12-16)15(17-3)18-11-13-5-7-14(8-6-13)22(4,20)21;/h5-8H,9-12H2,1-4H3,(H,17,18);1H. The van der Waals surface area contributed by atoms with Gasteiger partial charge in [0.2, 0.25) is 0 Å². The van der Waals surface area contributed by atoms with Crippen LogP contribution < -0.4 is 5.32 Å². The number of halogens is 1. The number of guanidine groups is 1. The summed E-state index contributed by atoms with van der Waals surface area (Å²) in [6, 6.07) is 6.97. The first kappa shape index (κ1) is 20.2. The van der Waals surface area contributed by atoms with Gasteiger partial charge in [-0.2, -0.15) is 0 Å². The zero-order valence-electron chi connectivity index (χ0n) is 14.2. The first-order valence-corrected chi connectivity index (χ1v) is 9.35. The molecule has 1 saturated heterocycles. The molecular formula is C16H26IN3O2S. The molecule has 0 bridgehead atoms. The van der Waals surface area contributed by atoms with Gasteiger partial charge in [-0.25, -0.2) is 8.42 Å². The summed E-state index contributed by atoms with van der Waals surface area (Å²) in [7, 11) is -1.34. The zero-order valence-corrected chi connectivity index (χ0v) is 17.3. The average Bonchev–Trinajstić information content (AvgIpc) is 2.79. The first-order valence-electron chi connectivity index (χ1n) is 7.46. The summed E-state index contributed by atoms with van der Waals surface area (Å²) in [5, 5.41) is 3.35. The van der Waals surface area contributed by atoms with Gasteiger partial charge in [0.25, 0.3) is 0 Å². The zero-order chi connectivity index (χ0) is 16.4. The lowest BCUT2D eigenvalue weighted by Gasteiger charge is -2.23. The molecule has 0 saturated carbocycles. The van der Waals surface area contributed by atoms with Crippen molar-refractivity contribution in [1.29, 1.82) is 0 Å². The molecule has 1 N–H and O–H groups in total. The van der Waals surface area contributed by atoms with Crippen molar-refractivity contribution in [1.82, 2.24) is 10.2 Å². The SMILES string of the molecule is CN=C(NCc1ccc(S(C)(=O)=O)cc1)N1CCC(C)(C)C1.I. The Bertz CT molecular complexity index is 654. The van der Waals surface area contributed by atoms with Crippen molar-refractivity contribution in [3.63, 3.8) is 0 Å². The number of nitrogens with one attached hydrogen (secondary N) is 1. The topological polar surface area (TPSA) is 61.8 Å². The summed E-state index contributed by atoms with van der Waals surface area (Å²) >= 11 is 0. The molecule has 1 aromatic carbocycles. The van der Waals surface area contributed by atoms with E-state index in [1.807, 2.05) is 12.1 Å². The number of likely N-dealkylation sites (tertiary alicyclic amines) is 1.